The number of carbonyl (C=O) groups excluding carboxylic acids is 1. The first kappa shape index (κ1) is 18.5. The first-order valence-electron chi connectivity index (χ1n) is 9.84. The van der Waals surface area contributed by atoms with Gasteiger partial charge in [0.2, 0.25) is 0 Å². The highest BCUT2D eigenvalue weighted by Gasteiger charge is 2.29. The van der Waals surface area contributed by atoms with Crippen molar-refractivity contribution in [2.75, 3.05) is 0 Å². The van der Waals surface area contributed by atoms with Crippen LogP contribution in [0.2, 0.25) is 0 Å². The van der Waals surface area contributed by atoms with Crippen LogP contribution in [-0.2, 0) is 0 Å². The van der Waals surface area contributed by atoms with Gasteiger partial charge in [-0.25, -0.2) is 4.98 Å². The van der Waals surface area contributed by atoms with Crippen molar-refractivity contribution in [2.45, 2.75) is 52.6 Å². The van der Waals surface area contributed by atoms with Crippen molar-refractivity contribution >= 4 is 16.9 Å². The third-order valence-electron chi connectivity index (χ3n) is 5.40. The summed E-state index contributed by atoms with van der Waals surface area (Å²) in [6, 6.07) is 7.81. The predicted octanol–water partition coefficient (Wildman–Crippen LogP) is 3.80. The number of aryl methyl sites for hydroxylation is 2. The van der Waals surface area contributed by atoms with Gasteiger partial charge in [-0.3, -0.25) is 9.59 Å². The summed E-state index contributed by atoms with van der Waals surface area (Å²) in [6.45, 7) is 7.90. The molecule has 1 saturated carbocycles. The van der Waals surface area contributed by atoms with Gasteiger partial charge in [-0.05, 0) is 61.9 Å². The Morgan fingerprint density at radius 2 is 2.00 bits per heavy atom. The molecule has 1 fully saturated rings. The SMILES string of the molecule is Cc1ccc2nc(C(NC(=O)c3c(C)ccn(C4CC4)c3=O)C(C)C)[nH]c2c1. The van der Waals surface area contributed by atoms with E-state index in [0.717, 1.165) is 29.4 Å². The first-order valence-corrected chi connectivity index (χ1v) is 9.84. The maximum atomic E-state index is 13.1. The van der Waals surface area contributed by atoms with Crippen molar-refractivity contribution in [1.29, 1.82) is 0 Å². The monoisotopic (exact) mass is 378 g/mol. The number of amides is 1. The van der Waals surface area contributed by atoms with Crippen LogP contribution in [0.25, 0.3) is 11.0 Å². The molecule has 1 atom stereocenters. The molecule has 146 valence electrons. The standard InChI is InChI=1S/C22H26N4O2/c1-12(2)19(20-23-16-8-5-13(3)11-17(16)24-20)25-21(27)18-14(4)9-10-26(22(18)28)15-6-7-15/h5,8-12,15,19H,6-7H2,1-4H3,(H,23,24)(H,25,27). The van der Waals surface area contributed by atoms with Crippen molar-refractivity contribution in [1.82, 2.24) is 19.9 Å². The van der Waals surface area contributed by atoms with Crippen LogP contribution in [-0.4, -0.2) is 20.4 Å². The molecule has 2 aromatic heterocycles. The summed E-state index contributed by atoms with van der Waals surface area (Å²) in [7, 11) is 0. The Hall–Kier alpha value is -2.89. The second-order valence-corrected chi connectivity index (χ2v) is 8.16. The number of aromatic nitrogens is 3. The number of carbonyl (C=O) groups is 1. The Bertz CT molecular complexity index is 1110. The topological polar surface area (TPSA) is 79.8 Å². The third kappa shape index (κ3) is 3.35. The average Bonchev–Trinajstić information content (AvgIpc) is 3.38. The molecule has 4 rings (SSSR count). The second kappa shape index (κ2) is 6.93. The Balaban J connectivity index is 1.67. The first-order chi connectivity index (χ1) is 13.3. The lowest BCUT2D eigenvalue weighted by molar-refractivity contribution is 0.0920. The van der Waals surface area contributed by atoms with E-state index in [0.29, 0.717) is 11.4 Å². The predicted molar refractivity (Wildman–Crippen MR) is 110 cm³/mol. The van der Waals surface area contributed by atoms with Crippen molar-refractivity contribution in [3.05, 3.63) is 63.3 Å². The number of hydrogen-bond acceptors (Lipinski definition) is 3. The lowest BCUT2D eigenvalue weighted by atomic mass is 10.0. The molecule has 2 heterocycles. The maximum Gasteiger partial charge on any atom is 0.263 e. The maximum absolute atomic E-state index is 13.1. The Labute approximate surface area is 164 Å². The van der Waals surface area contributed by atoms with E-state index in [1.54, 1.807) is 10.8 Å². The molecule has 1 amide bonds. The van der Waals surface area contributed by atoms with Crippen LogP contribution in [0.4, 0.5) is 0 Å². The summed E-state index contributed by atoms with van der Waals surface area (Å²) in [5, 5.41) is 3.05. The second-order valence-electron chi connectivity index (χ2n) is 8.16. The number of pyridine rings is 1. The van der Waals surface area contributed by atoms with E-state index in [4.69, 9.17) is 0 Å². The zero-order chi connectivity index (χ0) is 20.0. The molecule has 6 nitrogen and oxygen atoms in total. The summed E-state index contributed by atoms with van der Waals surface area (Å²) in [5.74, 6) is 0.480. The van der Waals surface area contributed by atoms with E-state index < -0.39 is 0 Å². The lowest BCUT2D eigenvalue weighted by Gasteiger charge is -2.21. The van der Waals surface area contributed by atoms with Gasteiger partial charge in [0.1, 0.15) is 11.4 Å². The number of rotatable bonds is 5. The minimum Gasteiger partial charge on any atom is -0.342 e. The smallest absolute Gasteiger partial charge is 0.263 e. The van der Waals surface area contributed by atoms with Crippen LogP contribution < -0.4 is 10.9 Å². The van der Waals surface area contributed by atoms with Crippen LogP contribution in [0.5, 0.6) is 0 Å². The van der Waals surface area contributed by atoms with Gasteiger partial charge < -0.3 is 14.9 Å². The van der Waals surface area contributed by atoms with Crippen molar-refractivity contribution in [3.8, 4) is 0 Å². The number of nitrogens with zero attached hydrogens (tertiary/aromatic N) is 2. The van der Waals surface area contributed by atoms with Gasteiger partial charge in [-0.15, -0.1) is 0 Å². The van der Waals surface area contributed by atoms with Crippen LogP contribution in [0.3, 0.4) is 0 Å². The fourth-order valence-electron chi connectivity index (χ4n) is 3.61. The number of benzene rings is 1. The lowest BCUT2D eigenvalue weighted by Crippen LogP contribution is -2.37. The minimum atomic E-state index is -0.340. The van der Waals surface area contributed by atoms with Gasteiger partial charge in [-0.1, -0.05) is 19.9 Å². The summed E-state index contributed by atoms with van der Waals surface area (Å²) in [6.07, 6.45) is 3.79. The summed E-state index contributed by atoms with van der Waals surface area (Å²) < 4.78 is 1.69. The molecule has 2 N–H and O–H groups in total. The Morgan fingerprint density at radius 3 is 2.68 bits per heavy atom. The molecule has 28 heavy (non-hydrogen) atoms. The number of H-pyrrole nitrogens is 1. The zero-order valence-corrected chi connectivity index (χ0v) is 16.7. The average molecular weight is 378 g/mol. The molecule has 0 saturated heterocycles. The molecule has 1 aliphatic rings. The zero-order valence-electron chi connectivity index (χ0n) is 16.7. The molecule has 0 spiro atoms. The van der Waals surface area contributed by atoms with Crippen LogP contribution in [0.15, 0.2) is 35.3 Å². The number of nitrogens with one attached hydrogen (secondary N) is 2. The molecule has 3 aromatic rings. The molecular weight excluding hydrogens is 352 g/mol. The number of aromatic amines is 1. The third-order valence-corrected chi connectivity index (χ3v) is 5.40. The molecule has 1 aromatic carbocycles. The summed E-state index contributed by atoms with van der Waals surface area (Å²) in [4.78, 5) is 33.9. The van der Waals surface area contributed by atoms with Gasteiger partial charge in [0.05, 0.1) is 17.1 Å². The number of imidazole rings is 1. The van der Waals surface area contributed by atoms with Gasteiger partial charge in [0.25, 0.3) is 11.5 Å². The van der Waals surface area contributed by atoms with Crippen LogP contribution in [0.1, 0.15) is 66.1 Å². The normalized spacial score (nSPS) is 15.2. The van der Waals surface area contributed by atoms with E-state index in [9.17, 15) is 9.59 Å². The van der Waals surface area contributed by atoms with E-state index >= 15 is 0 Å². The largest absolute Gasteiger partial charge is 0.342 e. The van der Waals surface area contributed by atoms with E-state index in [1.165, 1.54) is 0 Å². The fourth-order valence-corrected chi connectivity index (χ4v) is 3.61. The Morgan fingerprint density at radius 1 is 1.25 bits per heavy atom. The fraction of sp³-hybridized carbons (Fsp3) is 0.409. The van der Waals surface area contributed by atoms with E-state index in [-0.39, 0.29) is 35.0 Å². The minimum absolute atomic E-state index is 0.111. The van der Waals surface area contributed by atoms with Crippen LogP contribution >= 0.6 is 0 Å². The quantitative estimate of drug-likeness (QED) is 0.709. The molecule has 6 heteroatoms. The molecule has 0 bridgehead atoms. The molecule has 0 aliphatic heterocycles. The van der Waals surface area contributed by atoms with E-state index in [2.05, 4.69) is 15.3 Å². The highest BCUT2D eigenvalue weighted by Crippen LogP contribution is 2.33. The van der Waals surface area contributed by atoms with Gasteiger partial charge >= 0.3 is 0 Å². The number of fused-ring (bicyclic) bond motifs is 1. The van der Waals surface area contributed by atoms with E-state index in [1.807, 2.05) is 52.0 Å². The molecule has 1 unspecified atom stereocenters. The summed E-state index contributed by atoms with van der Waals surface area (Å²) >= 11 is 0. The highest BCUT2D eigenvalue weighted by molar-refractivity contribution is 5.95. The van der Waals surface area contributed by atoms with Gasteiger partial charge in [0, 0.05) is 12.2 Å². The highest BCUT2D eigenvalue weighted by atomic mass is 16.2. The summed E-state index contributed by atoms with van der Waals surface area (Å²) in [5.41, 5.74) is 3.68. The molecule has 0 radical (unpaired) electrons. The van der Waals surface area contributed by atoms with Gasteiger partial charge in [0.15, 0.2) is 0 Å². The molecular formula is C22H26N4O2. The molecule has 1 aliphatic carbocycles. The van der Waals surface area contributed by atoms with Gasteiger partial charge in [-0.2, -0.15) is 0 Å². The van der Waals surface area contributed by atoms with Crippen molar-refractivity contribution < 1.29 is 4.79 Å². The number of hydrogen-bond donors (Lipinski definition) is 2. The van der Waals surface area contributed by atoms with Crippen molar-refractivity contribution in [3.63, 3.8) is 0 Å². The van der Waals surface area contributed by atoms with Crippen LogP contribution in [0, 0.1) is 19.8 Å². The Kier molecular flexibility index (Phi) is 4.57. The van der Waals surface area contributed by atoms with Crippen molar-refractivity contribution in [2.24, 2.45) is 5.92 Å².